The summed E-state index contributed by atoms with van der Waals surface area (Å²) >= 11 is 0. The number of anilines is 1. The van der Waals surface area contributed by atoms with Gasteiger partial charge in [0.1, 0.15) is 0 Å². The van der Waals surface area contributed by atoms with E-state index in [1.54, 1.807) is 12.1 Å². The van der Waals surface area contributed by atoms with Crippen LogP contribution in [0.25, 0.3) is 0 Å². The Kier molecular flexibility index (Phi) is 3.89. The van der Waals surface area contributed by atoms with Crippen LogP contribution in [-0.2, 0) is 21.2 Å². The molecule has 88 valence electrons. The number of aryl methyl sites for hydroxylation is 1. The van der Waals surface area contributed by atoms with Gasteiger partial charge in [0.2, 0.25) is 15.9 Å². The van der Waals surface area contributed by atoms with Gasteiger partial charge in [-0.15, -0.1) is 0 Å². The molecule has 0 fully saturated rings. The van der Waals surface area contributed by atoms with Gasteiger partial charge in [-0.25, -0.2) is 8.42 Å². The predicted octanol–water partition coefficient (Wildman–Crippen LogP) is 0.277. The van der Waals surface area contributed by atoms with Crippen LogP contribution in [0.1, 0.15) is 12.0 Å². The van der Waals surface area contributed by atoms with Crippen LogP contribution < -0.4 is 10.5 Å². The molecule has 0 aliphatic rings. The van der Waals surface area contributed by atoms with Crippen LogP contribution >= 0.6 is 0 Å². The molecule has 0 aromatic heterocycles. The van der Waals surface area contributed by atoms with Gasteiger partial charge in [0, 0.05) is 12.1 Å². The van der Waals surface area contributed by atoms with Gasteiger partial charge in [0.05, 0.1) is 6.26 Å². The third kappa shape index (κ3) is 4.31. The number of benzene rings is 1. The first-order valence-corrected chi connectivity index (χ1v) is 6.61. The minimum atomic E-state index is -3.47. The molecule has 0 spiro atoms. The summed E-state index contributed by atoms with van der Waals surface area (Å²) in [5.41, 5.74) is 7.13. The quantitative estimate of drug-likeness (QED) is 0.742. The molecule has 1 aromatic rings. The molecule has 1 rings (SSSR count). The number of para-hydroxylation sites is 1. The molecule has 0 saturated carbocycles. The van der Waals surface area contributed by atoms with Gasteiger partial charge in [-0.3, -0.25) is 9.52 Å². The lowest BCUT2D eigenvalue weighted by Gasteiger charge is -2.05. The largest absolute Gasteiger partial charge is 0.399 e. The molecule has 16 heavy (non-hydrogen) atoms. The number of carbonyl (C=O) groups is 1. The van der Waals surface area contributed by atoms with Crippen LogP contribution in [0, 0.1) is 0 Å². The highest BCUT2D eigenvalue weighted by atomic mass is 32.2. The number of nitrogens with two attached hydrogens (primary N) is 1. The summed E-state index contributed by atoms with van der Waals surface area (Å²) in [6.45, 7) is 0. The van der Waals surface area contributed by atoms with Crippen molar-refractivity contribution in [1.82, 2.24) is 4.72 Å². The topological polar surface area (TPSA) is 89.3 Å². The Hall–Kier alpha value is -1.56. The summed E-state index contributed by atoms with van der Waals surface area (Å²) in [6.07, 6.45) is 1.47. The molecule has 5 nitrogen and oxygen atoms in total. The molecule has 0 saturated heterocycles. The molecule has 0 atom stereocenters. The Morgan fingerprint density at radius 1 is 1.38 bits per heavy atom. The summed E-state index contributed by atoms with van der Waals surface area (Å²) in [7, 11) is -3.47. The van der Waals surface area contributed by atoms with E-state index in [1.807, 2.05) is 16.9 Å². The summed E-state index contributed by atoms with van der Waals surface area (Å²) in [5, 5.41) is 0. The normalized spacial score (nSPS) is 11.1. The maximum absolute atomic E-state index is 11.2. The Bertz CT molecular complexity index is 483. The lowest BCUT2D eigenvalue weighted by molar-refractivity contribution is -0.119. The highest BCUT2D eigenvalue weighted by Gasteiger charge is 2.08. The Labute approximate surface area is 94.7 Å². The Morgan fingerprint density at radius 2 is 2.00 bits per heavy atom. The summed E-state index contributed by atoms with van der Waals surface area (Å²) in [5.74, 6) is -0.522. The molecule has 3 N–H and O–H groups in total. The van der Waals surface area contributed by atoms with Gasteiger partial charge in [-0.1, -0.05) is 18.2 Å². The number of sulfonamides is 1. The fourth-order valence-electron chi connectivity index (χ4n) is 1.27. The number of nitrogen functional groups attached to an aromatic ring is 1. The van der Waals surface area contributed by atoms with Crippen LogP contribution in [0.15, 0.2) is 24.3 Å². The minimum Gasteiger partial charge on any atom is -0.399 e. The smallest absolute Gasteiger partial charge is 0.233 e. The average Bonchev–Trinajstić information content (AvgIpc) is 2.14. The van der Waals surface area contributed by atoms with E-state index in [4.69, 9.17) is 5.73 Å². The van der Waals surface area contributed by atoms with E-state index in [0.717, 1.165) is 11.8 Å². The van der Waals surface area contributed by atoms with Crippen molar-refractivity contribution in [3.63, 3.8) is 0 Å². The van der Waals surface area contributed by atoms with Crippen molar-refractivity contribution in [1.29, 1.82) is 0 Å². The fourth-order valence-corrected chi connectivity index (χ4v) is 1.78. The minimum absolute atomic E-state index is 0.0985. The number of rotatable bonds is 4. The Morgan fingerprint density at radius 3 is 2.56 bits per heavy atom. The second kappa shape index (κ2) is 4.98. The molecule has 1 amide bonds. The first-order chi connectivity index (χ1) is 7.38. The SMILES string of the molecule is CS(=O)(=O)NC(=O)CCc1ccccc1N. The third-order valence-electron chi connectivity index (χ3n) is 1.98. The highest BCUT2D eigenvalue weighted by molar-refractivity contribution is 7.89. The third-order valence-corrected chi connectivity index (χ3v) is 2.57. The number of hydrogen-bond donors (Lipinski definition) is 2. The summed E-state index contributed by atoms with van der Waals surface area (Å²) in [6, 6.07) is 7.17. The van der Waals surface area contributed by atoms with Crippen LogP contribution in [0.2, 0.25) is 0 Å². The van der Waals surface area contributed by atoms with E-state index in [2.05, 4.69) is 0 Å². The van der Waals surface area contributed by atoms with Crippen molar-refractivity contribution in [2.45, 2.75) is 12.8 Å². The van der Waals surface area contributed by atoms with Gasteiger partial charge in [0.25, 0.3) is 0 Å². The van der Waals surface area contributed by atoms with Gasteiger partial charge < -0.3 is 5.73 Å². The molecular formula is C10H14N2O3S. The average molecular weight is 242 g/mol. The number of hydrogen-bond acceptors (Lipinski definition) is 4. The molecule has 1 aromatic carbocycles. The monoisotopic (exact) mass is 242 g/mol. The van der Waals surface area contributed by atoms with Gasteiger partial charge in [-0.2, -0.15) is 0 Å². The molecule has 0 bridgehead atoms. The number of carbonyl (C=O) groups excluding carboxylic acids is 1. The number of nitrogens with one attached hydrogen (secondary N) is 1. The van der Waals surface area contributed by atoms with Gasteiger partial charge >= 0.3 is 0 Å². The van der Waals surface area contributed by atoms with Crippen LogP contribution in [0.4, 0.5) is 5.69 Å². The Balaban J connectivity index is 2.53. The van der Waals surface area contributed by atoms with Crippen LogP contribution in [-0.4, -0.2) is 20.6 Å². The molecule has 0 aliphatic carbocycles. The maximum Gasteiger partial charge on any atom is 0.233 e. The van der Waals surface area contributed by atoms with E-state index in [1.165, 1.54) is 0 Å². The van der Waals surface area contributed by atoms with E-state index in [0.29, 0.717) is 12.1 Å². The van der Waals surface area contributed by atoms with Crippen molar-refractivity contribution in [2.75, 3.05) is 12.0 Å². The van der Waals surface area contributed by atoms with Crippen molar-refractivity contribution in [3.8, 4) is 0 Å². The van der Waals surface area contributed by atoms with Crippen molar-refractivity contribution in [3.05, 3.63) is 29.8 Å². The van der Waals surface area contributed by atoms with Gasteiger partial charge in [0.15, 0.2) is 0 Å². The van der Waals surface area contributed by atoms with Gasteiger partial charge in [-0.05, 0) is 18.1 Å². The first-order valence-electron chi connectivity index (χ1n) is 4.72. The summed E-state index contributed by atoms with van der Waals surface area (Å²) < 4.78 is 23.4. The van der Waals surface area contributed by atoms with Crippen molar-refractivity contribution in [2.24, 2.45) is 0 Å². The van der Waals surface area contributed by atoms with E-state index >= 15 is 0 Å². The highest BCUT2D eigenvalue weighted by Crippen LogP contribution is 2.12. The van der Waals surface area contributed by atoms with E-state index in [9.17, 15) is 13.2 Å². The zero-order valence-electron chi connectivity index (χ0n) is 8.93. The molecule has 0 unspecified atom stereocenters. The molecule has 0 heterocycles. The maximum atomic E-state index is 11.2. The van der Waals surface area contributed by atoms with Crippen LogP contribution in [0.5, 0.6) is 0 Å². The predicted molar refractivity (Wildman–Crippen MR) is 62.2 cm³/mol. The zero-order chi connectivity index (χ0) is 12.2. The molecule has 0 radical (unpaired) electrons. The van der Waals surface area contributed by atoms with E-state index < -0.39 is 15.9 Å². The number of amides is 1. The second-order valence-corrected chi connectivity index (χ2v) is 5.24. The van der Waals surface area contributed by atoms with Crippen molar-refractivity contribution >= 4 is 21.6 Å². The van der Waals surface area contributed by atoms with E-state index in [-0.39, 0.29) is 6.42 Å². The summed E-state index contributed by atoms with van der Waals surface area (Å²) in [4.78, 5) is 11.2. The molecule has 6 heteroatoms. The van der Waals surface area contributed by atoms with Crippen LogP contribution in [0.3, 0.4) is 0 Å². The first kappa shape index (κ1) is 12.5. The second-order valence-electron chi connectivity index (χ2n) is 3.50. The standard InChI is InChI=1S/C10H14N2O3S/c1-16(14,15)12-10(13)7-6-8-4-2-3-5-9(8)11/h2-5H,6-7,11H2,1H3,(H,12,13). The van der Waals surface area contributed by atoms with Crippen molar-refractivity contribution < 1.29 is 13.2 Å². The lowest BCUT2D eigenvalue weighted by Crippen LogP contribution is -2.29. The molecular weight excluding hydrogens is 228 g/mol. The lowest BCUT2D eigenvalue weighted by atomic mass is 10.1. The zero-order valence-corrected chi connectivity index (χ0v) is 9.75. The molecule has 0 aliphatic heterocycles. The fraction of sp³-hybridized carbons (Fsp3) is 0.300.